The fraction of sp³-hybridized carbons (Fsp3) is 0.333. The van der Waals surface area contributed by atoms with Crippen LogP contribution in [0.3, 0.4) is 0 Å². The van der Waals surface area contributed by atoms with Crippen LogP contribution in [0.15, 0.2) is 30.3 Å². The minimum absolute atomic E-state index is 0.381. The topological polar surface area (TPSA) is 36.9 Å². The van der Waals surface area contributed by atoms with Crippen molar-refractivity contribution in [3.63, 3.8) is 0 Å². The molecule has 1 heterocycles. The number of benzene rings is 2. The predicted octanol–water partition coefficient (Wildman–Crippen LogP) is 2.90. The van der Waals surface area contributed by atoms with Crippen LogP contribution in [-0.4, -0.2) is 27.4 Å². The van der Waals surface area contributed by atoms with Gasteiger partial charge in [0.25, 0.3) is 0 Å². The summed E-state index contributed by atoms with van der Waals surface area (Å²) in [6, 6.07) is 9.90. The van der Waals surface area contributed by atoms with Gasteiger partial charge in [-0.15, -0.1) is 0 Å². The molecule has 0 saturated carbocycles. The van der Waals surface area contributed by atoms with Crippen LogP contribution in [0.25, 0.3) is 10.8 Å². The Morgan fingerprint density at radius 2 is 1.68 bits per heavy atom. The van der Waals surface area contributed by atoms with Gasteiger partial charge in [0.15, 0.2) is 6.29 Å². The summed E-state index contributed by atoms with van der Waals surface area (Å²) in [5.74, 6) is 1.58. The Bertz CT molecular complexity index is 588. The van der Waals surface area contributed by atoms with E-state index in [4.69, 9.17) is 18.9 Å². The second-order valence-corrected chi connectivity index (χ2v) is 4.32. The van der Waals surface area contributed by atoms with Crippen LogP contribution in [0.1, 0.15) is 11.9 Å². The van der Waals surface area contributed by atoms with E-state index < -0.39 is 0 Å². The average molecular weight is 260 g/mol. The zero-order valence-electron chi connectivity index (χ0n) is 11.0. The van der Waals surface area contributed by atoms with Crippen LogP contribution < -0.4 is 9.47 Å². The highest BCUT2D eigenvalue weighted by molar-refractivity contribution is 5.94. The van der Waals surface area contributed by atoms with Crippen molar-refractivity contribution in [3.05, 3.63) is 35.9 Å². The summed E-state index contributed by atoms with van der Waals surface area (Å²) in [5, 5.41) is 2.02. The van der Waals surface area contributed by atoms with Crippen LogP contribution in [0.2, 0.25) is 0 Å². The van der Waals surface area contributed by atoms with Gasteiger partial charge in [-0.1, -0.05) is 24.3 Å². The highest BCUT2D eigenvalue weighted by atomic mass is 16.7. The Morgan fingerprint density at radius 1 is 1.00 bits per heavy atom. The lowest BCUT2D eigenvalue weighted by molar-refractivity contribution is -0.0454. The van der Waals surface area contributed by atoms with E-state index in [0.29, 0.717) is 13.2 Å². The van der Waals surface area contributed by atoms with Crippen molar-refractivity contribution in [1.29, 1.82) is 0 Å². The monoisotopic (exact) mass is 260 g/mol. The quantitative estimate of drug-likeness (QED) is 0.850. The van der Waals surface area contributed by atoms with E-state index in [2.05, 4.69) is 0 Å². The molecule has 2 aromatic rings. The Balaban J connectivity index is 2.25. The molecule has 0 unspecified atom stereocenters. The molecule has 1 fully saturated rings. The van der Waals surface area contributed by atoms with Gasteiger partial charge in [-0.2, -0.15) is 0 Å². The first-order valence-corrected chi connectivity index (χ1v) is 6.22. The van der Waals surface area contributed by atoms with Crippen molar-refractivity contribution in [1.82, 2.24) is 0 Å². The van der Waals surface area contributed by atoms with Crippen molar-refractivity contribution in [2.75, 3.05) is 27.4 Å². The van der Waals surface area contributed by atoms with Crippen molar-refractivity contribution >= 4 is 10.8 Å². The number of rotatable bonds is 3. The van der Waals surface area contributed by atoms with Crippen LogP contribution in [0, 0.1) is 0 Å². The fourth-order valence-corrected chi connectivity index (χ4v) is 2.45. The SMILES string of the molecule is COc1cc(C2OCCO2)c(OC)c2ccccc12. The molecule has 0 amide bonds. The van der Waals surface area contributed by atoms with E-state index in [1.807, 2.05) is 30.3 Å². The third-order valence-corrected chi connectivity index (χ3v) is 3.29. The van der Waals surface area contributed by atoms with E-state index in [1.165, 1.54) is 0 Å². The van der Waals surface area contributed by atoms with Crippen LogP contribution in [-0.2, 0) is 9.47 Å². The number of ether oxygens (including phenoxy) is 4. The predicted molar refractivity (Wildman–Crippen MR) is 71.7 cm³/mol. The summed E-state index contributed by atoms with van der Waals surface area (Å²) in [7, 11) is 3.32. The van der Waals surface area contributed by atoms with Crippen molar-refractivity contribution in [3.8, 4) is 11.5 Å². The molecule has 1 saturated heterocycles. The Morgan fingerprint density at radius 3 is 2.32 bits per heavy atom. The Labute approximate surface area is 111 Å². The summed E-state index contributed by atoms with van der Waals surface area (Å²) < 4.78 is 22.2. The van der Waals surface area contributed by atoms with Gasteiger partial charge in [-0.25, -0.2) is 0 Å². The lowest BCUT2D eigenvalue weighted by atomic mass is 10.0. The molecule has 2 aromatic carbocycles. The number of methoxy groups -OCH3 is 2. The lowest BCUT2D eigenvalue weighted by Gasteiger charge is -2.18. The first kappa shape index (κ1) is 12.3. The van der Waals surface area contributed by atoms with Crippen LogP contribution in [0.4, 0.5) is 0 Å². The highest BCUT2D eigenvalue weighted by Gasteiger charge is 2.25. The molecule has 0 aromatic heterocycles. The summed E-state index contributed by atoms with van der Waals surface area (Å²) in [6.07, 6.45) is -0.381. The maximum absolute atomic E-state index is 5.57. The van der Waals surface area contributed by atoms with Gasteiger partial charge in [0.1, 0.15) is 11.5 Å². The van der Waals surface area contributed by atoms with Crippen molar-refractivity contribution < 1.29 is 18.9 Å². The minimum Gasteiger partial charge on any atom is -0.496 e. The number of hydrogen-bond acceptors (Lipinski definition) is 4. The van der Waals surface area contributed by atoms with Crippen molar-refractivity contribution in [2.24, 2.45) is 0 Å². The molecule has 4 nitrogen and oxygen atoms in total. The van der Waals surface area contributed by atoms with E-state index in [9.17, 15) is 0 Å². The second kappa shape index (κ2) is 5.07. The molecule has 3 rings (SSSR count). The third kappa shape index (κ3) is 2.03. The standard InChI is InChI=1S/C15H16O4/c1-16-13-9-12(15-18-7-8-19-15)14(17-2)11-6-4-3-5-10(11)13/h3-6,9,15H,7-8H2,1-2H3. The fourth-order valence-electron chi connectivity index (χ4n) is 2.45. The molecule has 0 N–H and O–H groups in total. The van der Waals surface area contributed by atoms with Gasteiger partial charge in [-0.05, 0) is 6.07 Å². The smallest absolute Gasteiger partial charge is 0.187 e. The van der Waals surface area contributed by atoms with Crippen LogP contribution in [0.5, 0.6) is 11.5 Å². The summed E-state index contributed by atoms with van der Waals surface area (Å²) in [6.45, 7) is 1.20. The van der Waals surface area contributed by atoms with Gasteiger partial charge >= 0.3 is 0 Å². The molecule has 0 radical (unpaired) electrons. The van der Waals surface area contributed by atoms with E-state index in [0.717, 1.165) is 27.8 Å². The van der Waals surface area contributed by atoms with Gasteiger partial charge in [0.2, 0.25) is 0 Å². The first-order valence-electron chi connectivity index (χ1n) is 6.22. The highest BCUT2D eigenvalue weighted by Crippen LogP contribution is 2.41. The summed E-state index contributed by atoms with van der Waals surface area (Å²) >= 11 is 0. The van der Waals surface area contributed by atoms with Gasteiger partial charge < -0.3 is 18.9 Å². The van der Waals surface area contributed by atoms with Crippen molar-refractivity contribution in [2.45, 2.75) is 6.29 Å². The maximum Gasteiger partial charge on any atom is 0.187 e. The second-order valence-electron chi connectivity index (χ2n) is 4.32. The van der Waals surface area contributed by atoms with E-state index in [1.54, 1.807) is 14.2 Å². The van der Waals surface area contributed by atoms with E-state index >= 15 is 0 Å². The Kier molecular flexibility index (Phi) is 3.27. The third-order valence-electron chi connectivity index (χ3n) is 3.29. The average Bonchev–Trinajstić information content (AvgIpc) is 2.99. The molecule has 0 spiro atoms. The normalized spacial score (nSPS) is 15.9. The lowest BCUT2D eigenvalue weighted by Crippen LogP contribution is -2.03. The number of fused-ring (bicyclic) bond motifs is 1. The van der Waals surface area contributed by atoms with Gasteiger partial charge in [0.05, 0.1) is 33.0 Å². The molecule has 0 atom stereocenters. The molecule has 1 aliphatic rings. The molecule has 1 aliphatic heterocycles. The molecular weight excluding hydrogens is 244 g/mol. The molecular formula is C15H16O4. The number of hydrogen-bond donors (Lipinski definition) is 0. The molecule has 100 valence electrons. The van der Waals surface area contributed by atoms with E-state index in [-0.39, 0.29) is 6.29 Å². The largest absolute Gasteiger partial charge is 0.496 e. The molecule has 0 aliphatic carbocycles. The zero-order chi connectivity index (χ0) is 13.2. The minimum atomic E-state index is -0.381. The zero-order valence-corrected chi connectivity index (χ0v) is 11.0. The molecule has 19 heavy (non-hydrogen) atoms. The van der Waals surface area contributed by atoms with Crippen LogP contribution >= 0.6 is 0 Å². The van der Waals surface area contributed by atoms with Gasteiger partial charge in [0, 0.05) is 10.8 Å². The Hall–Kier alpha value is -1.78. The summed E-state index contributed by atoms with van der Waals surface area (Å²) in [5.41, 5.74) is 0.871. The van der Waals surface area contributed by atoms with Gasteiger partial charge in [-0.3, -0.25) is 0 Å². The molecule has 4 heteroatoms. The maximum atomic E-state index is 5.57. The summed E-state index contributed by atoms with van der Waals surface area (Å²) in [4.78, 5) is 0. The first-order chi connectivity index (χ1) is 9.35. The molecule has 0 bridgehead atoms.